The number of hydrogen-bond acceptors (Lipinski definition) is 6. The molecule has 2 aromatic heterocycles. The molecule has 10 nitrogen and oxygen atoms in total. The number of alkyl halides is 2. The number of hydrogen-bond donors (Lipinski definition) is 2. The summed E-state index contributed by atoms with van der Waals surface area (Å²) >= 11 is 1.84. The zero-order valence-corrected chi connectivity index (χ0v) is 13.9. The molecule has 0 aromatic carbocycles. The van der Waals surface area contributed by atoms with Crippen LogP contribution in [0.1, 0.15) is 12.1 Å². The molecule has 1 fully saturated rings. The van der Waals surface area contributed by atoms with E-state index >= 15 is 0 Å². The number of nitrogens with zero attached hydrogens (tertiary/aromatic N) is 6. The van der Waals surface area contributed by atoms with Gasteiger partial charge in [-0.3, -0.25) is 9.36 Å². The van der Waals surface area contributed by atoms with Gasteiger partial charge in [0.1, 0.15) is 11.9 Å². The number of fused-ring (bicyclic) bond motifs is 1. The maximum Gasteiger partial charge on any atom is 0.279 e. The van der Waals surface area contributed by atoms with Gasteiger partial charge in [0.15, 0.2) is 29.3 Å². The molecule has 0 spiro atoms. The number of azide groups is 1. The van der Waals surface area contributed by atoms with Crippen molar-refractivity contribution in [1.29, 1.82) is 0 Å². The van der Waals surface area contributed by atoms with E-state index in [0.29, 0.717) is 5.82 Å². The lowest BCUT2D eigenvalue weighted by Gasteiger charge is -2.23. The van der Waals surface area contributed by atoms with Crippen LogP contribution in [0.5, 0.6) is 0 Å². The summed E-state index contributed by atoms with van der Waals surface area (Å²) in [6.45, 7) is 1.57. The number of rotatable bonds is 3. The Morgan fingerprint density at radius 1 is 1.74 bits per heavy atom. The van der Waals surface area contributed by atoms with Crippen LogP contribution in [0.25, 0.3) is 21.6 Å². The fourth-order valence-corrected chi connectivity index (χ4v) is 3.26. The van der Waals surface area contributed by atoms with Gasteiger partial charge in [0.25, 0.3) is 5.56 Å². The molecule has 0 bridgehead atoms. The molecule has 1 saturated heterocycles. The third-order valence-corrected chi connectivity index (χ3v) is 4.68. The first-order chi connectivity index (χ1) is 10.9. The topological polar surface area (TPSA) is 142 Å². The van der Waals surface area contributed by atoms with E-state index in [0.717, 1.165) is 0 Å². The van der Waals surface area contributed by atoms with Gasteiger partial charge in [-0.2, -0.15) is 0 Å². The third-order valence-electron chi connectivity index (χ3n) is 3.59. The fourth-order valence-electron chi connectivity index (χ4n) is 2.48. The van der Waals surface area contributed by atoms with E-state index < -0.39 is 29.8 Å². The van der Waals surface area contributed by atoms with Crippen molar-refractivity contribution in [2.24, 2.45) is 5.11 Å². The summed E-state index contributed by atoms with van der Waals surface area (Å²) in [6.07, 6.45) is -3.64. The molecule has 0 saturated carbocycles. The van der Waals surface area contributed by atoms with Crippen LogP contribution < -0.4 is 5.56 Å². The molecular weight excluding hydrogens is 424 g/mol. The predicted molar refractivity (Wildman–Crippen MR) is 84.7 cm³/mol. The van der Waals surface area contributed by atoms with E-state index in [1.165, 1.54) is 10.9 Å². The molecule has 2 N–H and O–H groups in total. The van der Waals surface area contributed by atoms with E-state index in [-0.39, 0.29) is 15.6 Å². The Morgan fingerprint density at radius 2 is 2.48 bits per heavy atom. The highest BCUT2D eigenvalue weighted by Crippen LogP contribution is 2.42. The van der Waals surface area contributed by atoms with Crippen LogP contribution in [-0.2, 0) is 4.74 Å². The second kappa shape index (κ2) is 5.70. The molecule has 0 amide bonds. The van der Waals surface area contributed by atoms with Crippen molar-refractivity contribution in [1.82, 2.24) is 19.5 Å². The minimum absolute atomic E-state index is 0.0247. The van der Waals surface area contributed by atoms with Crippen molar-refractivity contribution >= 4 is 33.8 Å². The smallest absolute Gasteiger partial charge is 0.279 e. The summed E-state index contributed by atoms with van der Waals surface area (Å²) in [6, 6.07) is 0. The predicted octanol–water partition coefficient (Wildman–Crippen LogP) is 1.10. The molecule has 0 unspecified atom stereocenters. The van der Waals surface area contributed by atoms with Gasteiger partial charge in [0.05, 0.1) is 6.33 Å². The van der Waals surface area contributed by atoms with Crippen molar-refractivity contribution in [3.63, 3.8) is 0 Å². The minimum atomic E-state index is -1.88. The second-order valence-electron chi connectivity index (χ2n) is 5.04. The lowest BCUT2D eigenvalue weighted by molar-refractivity contribution is -0.0807. The van der Waals surface area contributed by atoms with Crippen molar-refractivity contribution in [3.8, 4) is 0 Å². The molecule has 0 aliphatic carbocycles. The summed E-state index contributed by atoms with van der Waals surface area (Å²) in [5.74, 6) is 0.327. The van der Waals surface area contributed by atoms with Crippen molar-refractivity contribution in [3.05, 3.63) is 32.9 Å². The van der Waals surface area contributed by atoms with E-state index in [4.69, 9.17) is 10.3 Å². The Balaban J connectivity index is 2.13. The number of nitrogens with one attached hydrogen (secondary N) is 1. The summed E-state index contributed by atoms with van der Waals surface area (Å²) in [7, 11) is 0. The zero-order chi connectivity index (χ0) is 16.8. The molecule has 4 atom stereocenters. The Morgan fingerprint density at radius 3 is 3.13 bits per heavy atom. The van der Waals surface area contributed by atoms with E-state index in [1.54, 1.807) is 6.92 Å². The van der Waals surface area contributed by atoms with Crippen LogP contribution in [-0.4, -0.2) is 47.1 Å². The van der Waals surface area contributed by atoms with E-state index in [9.17, 15) is 14.3 Å². The van der Waals surface area contributed by atoms with Gasteiger partial charge in [0.2, 0.25) is 0 Å². The Labute approximate surface area is 141 Å². The summed E-state index contributed by atoms with van der Waals surface area (Å²) in [5, 5.41) is 13.5. The number of aliphatic hydroxyl groups is 1. The lowest BCUT2D eigenvalue weighted by atomic mass is 10.1. The molecule has 1 aliphatic rings. The van der Waals surface area contributed by atoms with Gasteiger partial charge >= 0.3 is 0 Å². The molecule has 12 heteroatoms. The Bertz CT molecular complexity index is 863. The average Bonchev–Trinajstić information content (AvgIpc) is 3.03. The molecule has 3 rings (SSSR count). The number of H-pyrrole nitrogens is 1. The van der Waals surface area contributed by atoms with Crippen LogP contribution in [0.4, 0.5) is 4.39 Å². The first-order valence-corrected chi connectivity index (χ1v) is 8.01. The highest BCUT2D eigenvalue weighted by atomic mass is 127. The quantitative estimate of drug-likeness (QED) is 0.244. The molecule has 2 aromatic rings. The van der Waals surface area contributed by atoms with Crippen molar-refractivity contribution in [2.75, 3.05) is 4.43 Å². The van der Waals surface area contributed by atoms with Gasteiger partial charge in [-0.05, 0) is 12.5 Å². The summed E-state index contributed by atoms with van der Waals surface area (Å²) < 4.78 is 21.3. The fraction of sp³-hybridized carbons (Fsp3) is 0.545. The number of aromatic amines is 1. The monoisotopic (exact) mass is 435 g/mol. The highest BCUT2D eigenvalue weighted by Gasteiger charge is 2.55. The first-order valence-electron chi connectivity index (χ1n) is 6.49. The minimum Gasteiger partial charge on any atom is -0.387 e. The van der Waals surface area contributed by atoms with Crippen LogP contribution in [0.3, 0.4) is 0 Å². The van der Waals surface area contributed by atoms with Crippen LogP contribution in [0, 0.1) is 6.92 Å². The van der Waals surface area contributed by atoms with Gasteiger partial charge in [-0.1, -0.05) is 27.7 Å². The Hall–Kier alpha value is -1.76. The van der Waals surface area contributed by atoms with Crippen LogP contribution >= 0.6 is 22.6 Å². The van der Waals surface area contributed by atoms with Gasteiger partial charge in [-0.15, -0.1) is 0 Å². The van der Waals surface area contributed by atoms with Gasteiger partial charge in [0, 0.05) is 9.34 Å². The van der Waals surface area contributed by atoms with E-state index in [2.05, 4.69) is 25.0 Å². The molecule has 1 aliphatic heterocycles. The summed E-state index contributed by atoms with van der Waals surface area (Å²) in [5.41, 5.74) is 6.61. The largest absolute Gasteiger partial charge is 0.387 e. The molecule has 3 heterocycles. The first kappa shape index (κ1) is 16.1. The van der Waals surface area contributed by atoms with Gasteiger partial charge < -0.3 is 14.8 Å². The van der Waals surface area contributed by atoms with Crippen LogP contribution in [0.15, 0.2) is 16.2 Å². The number of ether oxygens (including phenoxy) is 1. The van der Waals surface area contributed by atoms with E-state index in [1.807, 2.05) is 22.6 Å². The molecular formula is C11H11FIN7O3. The number of aliphatic hydroxyl groups excluding tert-OH is 1. The van der Waals surface area contributed by atoms with Crippen molar-refractivity contribution in [2.45, 2.75) is 31.2 Å². The zero-order valence-electron chi connectivity index (χ0n) is 11.7. The second-order valence-corrected chi connectivity index (χ2v) is 5.80. The lowest BCUT2D eigenvalue weighted by Crippen LogP contribution is -2.41. The maximum absolute atomic E-state index is 14.6. The van der Waals surface area contributed by atoms with Crippen LogP contribution in [0.2, 0.25) is 0 Å². The highest BCUT2D eigenvalue weighted by molar-refractivity contribution is 14.1. The number of aromatic nitrogens is 4. The number of halogens is 2. The molecule has 122 valence electrons. The normalized spacial score (nSPS) is 30.5. The average molecular weight is 435 g/mol. The maximum atomic E-state index is 14.6. The summed E-state index contributed by atoms with van der Waals surface area (Å²) in [4.78, 5) is 25.0. The number of imidazole rings is 1. The van der Waals surface area contributed by atoms with Gasteiger partial charge in [-0.25, -0.2) is 14.4 Å². The third kappa shape index (κ3) is 2.38. The SMILES string of the molecule is Cc1nc2c(ncn2[C@@H]2O[C@@](CI)(N=[N+]=[N-])[C@@H](O)[C@H]2F)c(=O)[nH]1. The van der Waals surface area contributed by atoms with Crippen molar-refractivity contribution < 1.29 is 14.2 Å². The molecule has 0 radical (unpaired) electrons. The standard InChI is InChI=1S/C11H11FIN7O3/c1-4-16-8-6(9(22)17-4)15-3-20(8)10-5(12)7(21)11(2-13,23-10)18-19-14/h3,5,7,10,21H,2H2,1H3,(H,16,17,22)/t5-,7+,10-,11-/m1/s1. The number of aryl methyl sites for hydroxylation is 1. The Kier molecular flexibility index (Phi) is 4.00. The molecule has 23 heavy (non-hydrogen) atoms.